The van der Waals surface area contributed by atoms with E-state index in [0.717, 1.165) is 11.1 Å². The maximum absolute atomic E-state index is 12.3. The maximum atomic E-state index is 12.3. The van der Waals surface area contributed by atoms with Crippen LogP contribution >= 0.6 is 0 Å². The van der Waals surface area contributed by atoms with Gasteiger partial charge in [-0.1, -0.05) is 48.5 Å². The highest BCUT2D eigenvalue weighted by Crippen LogP contribution is 2.44. The molecule has 0 radical (unpaired) electrons. The van der Waals surface area contributed by atoms with Crippen molar-refractivity contribution in [2.45, 2.75) is 5.92 Å². The lowest BCUT2D eigenvalue weighted by Crippen LogP contribution is -2.18. The molecule has 4 rings (SSSR count). The Morgan fingerprint density at radius 3 is 2.26 bits per heavy atom. The Morgan fingerprint density at radius 1 is 1.00 bits per heavy atom. The average Bonchev–Trinajstić information content (AvgIpc) is 3.02. The van der Waals surface area contributed by atoms with Crippen molar-refractivity contribution in [3.8, 4) is 22.6 Å². The number of anilines is 1. The van der Waals surface area contributed by atoms with Crippen LogP contribution in [-0.4, -0.2) is 24.9 Å². The van der Waals surface area contributed by atoms with Crippen LogP contribution in [0, 0.1) is 0 Å². The van der Waals surface area contributed by atoms with E-state index >= 15 is 0 Å². The summed E-state index contributed by atoms with van der Waals surface area (Å²) in [4.78, 5) is 12.3. The third-order valence-electron chi connectivity index (χ3n) is 4.78. The molecule has 0 aliphatic heterocycles. The number of fused-ring (bicyclic) bond motifs is 3. The summed E-state index contributed by atoms with van der Waals surface area (Å²) in [6, 6.07) is 20.9. The van der Waals surface area contributed by atoms with Crippen LogP contribution in [0.5, 0.6) is 11.5 Å². The van der Waals surface area contributed by atoms with Crippen molar-refractivity contribution in [1.82, 2.24) is 0 Å². The lowest BCUT2D eigenvalue weighted by atomic mass is 9.98. The van der Waals surface area contributed by atoms with Crippen LogP contribution in [0.2, 0.25) is 0 Å². The predicted molar refractivity (Wildman–Crippen MR) is 103 cm³/mol. The van der Waals surface area contributed by atoms with E-state index < -0.39 is 6.09 Å². The summed E-state index contributed by atoms with van der Waals surface area (Å²) >= 11 is 0. The molecule has 1 aliphatic carbocycles. The number of nitrogens with one attached hydrogen (secondary N) is 1. The summed E-state index contributed by atoms with van der Waals surface area (Å²) in [5.41, 5.74) is 4.89. The average molecular weight is 361 g/mol. The van der Waals surface area contributed by atoms with E-state index in [1.165, 1.54) is 30.4 Å². The Balaban J connectivity index is 1.50. The molecule has 3 aromatic rings. The van der Waals surface area contributed by atoms with Gasteiger partial charge in [0.05, 0.1) is 12.8 Å². The zero-order valence-corrected chi connectivity index (χ0v) is 14.8. The molecule has 27 heavy (non-hydrogen) atoms. The van der Waals surface area contributed by atoms with Gasteiger partial charge < -0.3 is 14.6 Å². The van der Waals surface area contributed by atoms with E-state index in [-0.39, 0.29) is 24.0 Å². The summed E-state index contributed by atoms with van der Waals surface area (Å²) < 4.78 is 10.6. The first-order valence-corrected chi connectivity index (χ1v) is 8.66. The second kappa shape index (κ2) is 7.03. The summed E-state index contributed by atoms with van der Waals surface area (Å²) in [5, 5.41) is 12.5. The number of phenolic OH excluding ortho intramolecular Hbond substituents is 1. The van der Waals surface area contributed by atoms with E-state index in [1.54, 1.807) is 6.07 Å². The molecular formula is C22H19NO4. The van der Waals surface area contributed by atoms with Crippen molar-refractivity contribution in [2.75, 3.05) is 19.0 Å². The number of hydrogen-bond donors (Lipinski definition) is 2. The Kier molecular flexibility index (Phi) is 4.42. The second-order valence-electron chi connectivity index (χ2n) is 6.33. The Hall–Kier alpha value is -3.47. The highest BCUT2D eigenvalue weighted by atomic mass is 16.5. The summed E-state index contributed by atoms with van der Waals surface area (Å²) in [5.74, 6) is 0.466. The van der Waals surface area contributed by atoms with Crippen molar-refractivity contribution in [3.63, 3.8) is 0 Å². The molecule has 0 unspecified atom stereocenters. The normalized spacial score (nSPS) is 12.2. The molecule has 3 aromatic carbocycles. The van der Waals surface area contributed by atoms with Gasteiger partial charge in [-0.15, -0.1) is 0 Å². The van der Waals surface area contributed by atoms with Crippen molar-refractivity contribution in [1.29, 1.82) is 0 Å². The summed E-state index contributed by atoms with van der Waals surface area (Å²) in [7, 11) is 1.52. The molecule has 1 aliphatic rings. The first-order chi connectivity index (χ1) is 13.2. The lowest BCUT2D eigenvalue weighted by molar-refractivity contribution is 0.158. The van der Waals surface area contributed by atoms with Gasteiger partial charge in [0.2, 0.25) is 0 Å². The number of ether oxygens (including phenoxy) is 2. The fourth-order valence-corrected chi connectivity index (χ4v) is 3.49. The summed E-state index contributed by atoms with van der Waals surface area (Å²) in [6.45, 7) is 0.213. The molecule has 0 heterocycles. The number of hydrogen-bond acceptors (Lipinski definition) is 4. The van der Waals surface area contributed by atoms with Crippen LogP contribution in [0.4, 0.5) is 10.5 Å². The van der Waals surface area contributed by atoms with Crippen LogP contribution in [0.3, 0.4) is 0 Å². The minimum absolute atomic E-state index is 0.0120. The van der Waals surface area contributed by atoms with Gasteiger partial charge >= 0.3 is 6.09 Å². The Morgan fingerprint density at radius 2 is 1.63 bits per heavy atom. The van der Waals surface area contributed by atoms with Gasteiger partial charge in [-0.2, -0.15) is 0 Å². The van der Waals surface area contributed by atoms with Crippen LogP contribution in [0.1, 0.15) is 17.0 Å². The number of aromatic hydroxyl groups is 1. The molecule has 5 heteroatoms. The van der Waals surface area contributed by atoms with Gasteiger partial charge in [0.25, 0.3) is 0 Å². The van der Waals surface area contributed by atoms with E-state index in [9.17, 15) is 9.90 Å². The van der Waals surface area contributed by atoms with Crippen LogP contribution < -0.4 is 10.1 Å². The quantitative estimate of drug-likeness (QED) is 0.657. The van der Waals surface area contributed by atoms with Crippen molar-refractivity contribution >= 4 is 11.8 Å². The highest BCUT2D eigenvalue weighted by molar-refractivity contribution is 5.87. The molecule has 2 N–H and O–H groups in total. The minimum Gasteiger partial charge on any atom is -0.506 e. The number of methoxy groups -OCH3 is 1. The van der Waals surface area contributed by atoms with Gasteiger partial charge in [-0.05, 0) is 34.4 Å². The van der Waals surface area contributed by atoms with Crippen molar-refractivity contribution in [2.24, 2.45) is 0 Å². The largest absolute Gasteiger partial charge is 0.506 e. The number of amides is 1. The highest BCUT2D eigenvalue weighted by Gasteiger charge is 2.29. The number of rotatable bonds is 4. The number of benzene rings is 3. The second-order valence-corrected chi connectivity index (χ2v) is 6.33. The van der Waals surface area contributed by atoms with Crippen molar-refractivity contribution < 1.29 is 19.4 Å². The smallest absolute Gasteiger partial charge is 0.411 e. The molecule has 1 amide bonds. The SMILES string of the molecule is COc1ccc(O)c(NC(=O)OCC2c3ccccc3-c3ccccc32)c1. The first-order valence-electron chi connectivity index (χ1n) is 8.66. The zero-order valence-electron chi connectivity index (χ0n) is 14.8. The van der Waals surface area contributed by atoms with Gasteiger partial charge in [0, 0.05) is 12.0 Å². The van der Waals surface area contributed by atoms with E-state index in [1.807, 2.05) is 24.3 Å². The fourth-order valence-electron chi connectivity index (χ4n) is 3.49. The Bertz CT molecular complexity index is 954. The zero-order chi connectivity index (χ0) is 18.8. The van der Waals surface area contributed by atoms with E-state index in [2.05, 4.69) is 29.6 Å². The Labute approximate surface area is 157 Å². The number of carbonyl (C=O) groups excluding carboxylic acids is 1. The molecule has 5 nitrogen and oxygen atoms in total. The molecule has 0 saturated heterocycles. The van der Waals surface area contributed by atoms with Crippen LogP contribution in [-0.2, 0) is 4.74 Å². The monoisotopic (exact) mass is 361 g/mol. The van der Waals surface area contributed by atoms with Crippen molar-refractivity contribution in [3.05, 3.63) is 77.9 Å². The minimum atomic E-state index is -0.625. The van der Waals surface area contributed by atoms with E-state index in [4.69, 9.17) is 9.47 Å². The molecular weight excluding hydrogens is 342 g/mol. The van der Waals surface area contributed by atoms with Gasteiger partial charge in [0.1, 0.15) is 18.1 Å². The molecule has 0 bridgehead atoms. The maximum Gasteiger partial charge on any atom is 0.411 e. The first kappa shape index (κ1) is 17.0. The fraction of sp³-hybridized carbons (Fsp3) is 0.136. The summed E-state index contributed by atoms with van der Waals surface area (Å²) in [6.07, 6.45) is -0.625. The van der Waals surface area contributed by atoms with E-state index in [0.29, 0.717) is 5.75 Å². The standard InChI is InChI=1S/C22H19NO4/c1-26-14-10-11-21(24)20(12-14)23-22(25)27-13-19-17-8-4-2-6-15(17)16-7-3-5-9-18(16)19/h2-12,19,24H,13H2,1H3,(H,23,25). The molecule has 0 atom stereocenters. The molecule has 0 saturated carbocycles. The van der Waals surface area contributed by atoms with Crippen LogP contribution in [0.15, 0.2) is 66.7 Å². The topological polar surface area (TPSA) is 67.8 Å². The number of carbonyl (C=O) groups is 1. The molecule has 136 valence electrons. The predicted octanol–water partition coefficient (Wildman–Crippen LogP) is 4.76. The third-order valence-corrected chi connectivity index (χ3v) is 4.78. The molecule has 0 aromatic heterocycles. The van der Waals surface area contributed by atoms with Gasteiger partial charge in [-0.3, -0.25) is 5.32 Å². The van der Waals surface area contributed by atoms with Gasteiger partial charge in [0.15, 0.2) is 0 Å². The molecule has 0 spiro atoms. The molecule has 0 fully saturated rings. The number of phenols is 1. The third kappa shape index (κ3) is 3.19. The van der Waals surface area contributed by atoms with Gasteiger partial charge in [-0.25, -0.2) is 4.79 Å². The van der Waals surface area contributed by atoms with Crippen LogP contribution in [0.25, 0.3) is 11.1 Å². The lowest BCUT2D eigenvalue weighted by Gasteiger charge is -2.15.